The average molecular weight is 405 g/mol. The van der Waals surface area contributed by atoms with Crippen LogP contribution in [0.15, 0.2) is 46.3 Å². The van der Waals surface area contributed by atoms with Crippen molar-refractivity contribution in [3.8, 4) is 17.2 Å². The minimum absolute atomic E-state index is 0.221. The fourth-order valence-corrected chi connectivity index (χ4v) is 3.42. The number of benzene rings is 2. The SMILES string of the molecule is COc1cc(/C=C2/SC(=Nc3ccc(Cl)cc3)NC2=O)cc(OC)c1OC. The number of thioether (sulfide) groups is 1. The second kappa shape index (κ2) is 8.37. The van der Waals surface area contributed by atoms with Crippen molar-refractivity contribution < 1.29 is 19.0 Å². The molecule has 1 heterocycles. The number of rotatable bonds is 5. The summed E-state index contributed by atoms with van der Waals surface area (Å²) >= 11 is 7.13. The third-order valence-electron chi connectivity index (χ3n) is 3.69. The van der Waals surface area contributed by atoms with Crippen molar-refractivity contribution in [1.29, 1.82) is 0 Å². The van der Waals surface area contributed by atoms with E-state index in [0.717, 1.165) is 5.56 Å². The summed E-state index contributed by atoms with van der Waals surface area (Å²) in [6.45, 7) is 0. The average Bonchev–Trinajstić information content (AvgIpc) is 3.01. The van der Waals surface area contributed by atoms with Gasteiger partial charge in [-0.25, -0.2) is 4.99 Å². The zero-order chi connectivity index (χ0) is 19.4. The molecule has 0 aromatic heterocycles. The molecular weight excluding hydrogens is 388 g/mol. The molecule has 0 spiro atoms. The first-order chi connectivity index (χ1) is 13.0. The molecule has 27 heavy (non-hydrogen) atoms. The third kappa shape index (κ3) is 4.37. The van der Waals surface area contributed by atoms with Crippen molar-refractivity contribution in [2.75, 3.05) is 21.3 Å². The summed E-state index contributed by atoms with van der Waals surface area (Å²) in [6, 6.07) is 10.6. The van der Waals surface area contributed by atoms with Crippen LogP contribution in [0.4, 0.5) is 5.69 Å². The summed E-state index contributed by atoms with van der Waals surface area (Å²) in [4.78, 5) is 17.2. The molecule has 0 aliphatic carbocycles. The van der Waals surface area contributed by atoms with E-state index in [1.54, 1.807) is 56.7 Å². The highest BCUT2D eigenvalue weighted by molar-refractivity contribution is 8.18. The van der Waals surface area contributed by atoms with Crippen LogP contribution in [0.2, 0.25) is 5.02 Å². The van der Waals surface area contributed by atoms with Gasteiger partial charge in [0, 0.05) is 5.02 Å². The smallest absolute Gasteiger partial charge is 0.264 e. The van der Waals surface area contributed by atoms with Crippen LogP contribution in [0.1, 0.15) is 5.56 Å². The van der Waals surface area contributed by atoms with Crippen LogP contribution in [0.25, 0.3) is 6.08 Å². The van der Waals surface area contributed by atoms with E-state index in [1.165, 1.54) is 18.9 Å². The fourth-order valence-electron chi connectivity index (χ4n) is 2.45. The lowest BCUT2D eigenvalue weighted by atomic mass is 10.1. The molecule has 1 N–H and O–H groups in total. The van der Waals surface area contributed by atoms with Crippen molar-refractivity contribution in [3.63, 3.8) is 0 Å². The van der Waals surface area contributed by atoms with E-state index in [4.69, 9.17) is 25.8 Å². The van der Waals surface area contributed by atoms with Crippen LogP contribution in [0, 0.1) is 0 Å². The van der Waals surface area contributed by atoms with E-state index in [1.807, 2.05) is 0 Å². The number of hydrogen-bond donors (Lipinski definition) is 1. The molecular formula is C19H17ClN2O4S. The molecule has 3 rings (SSSR count). The summed E-state index contributed by atoms with van der Waals surface area (Å²) in [7, 11) is 4.63. The van der Waals surface area contributed by atoms with Gasteiger partial charge in [0.15, 0.2) is 16.7 Å². The Morgan fingerprint density at radius 1 is 1.04 bits per heavy atom. The first-order valence-corrected chi connectivity index (χ1v) is 9.08. The summed E-state index contributed by atoms with van der Waals surface area (Å²) in [6.07, 6.45) is 1.74. The number of nitrogens with one attached hydrogen (secondary N) is 1. The summed E-state index contributed by atoms with van der Waals surface area (Å²) < 4.78 is 16.0. The third-order valence-corrected chi connectivity index (χ3v) is 4.85. The van der Waals surface area contributed by atoms with Crippen LogP contribution in [-0.2, 0) is 4.79 Å². The molecule has 0 unspecified atom stereocenters. The van der Waals surface area contributed by atoms with Crippen molar-refractivity contribution >= 4 is 46.2 Å². The molecule has 2 aromatic rings. The van der Waals surface area contributed by atoms with Crippen LogP contribution < -0.4 is 19.5 Å². The van der Waals surface area contributed by atoms with Gasteiger partial charge < -0.3 is 19.5 Å². The Morgan fingerprint density at radius 3 is 2.22 bits per heavy atom. The molecule has 1 fully saturated rings. The molecule has 8 heteroatoms. The van der Waals surface area contributed by atoms with Gasteiger partial charge in [0.05, 0.1) is 31.9 Å². The number of nitrogens with zero attached hydrogens (tertiary/aromatic N) is 1. The molecule has 1 saturated heterocycles. The molecule has 1 aliphatic heterocycles. The molecule has 2 aromatic carbocycles. The van der Waals surface area contributed by atoms with Crippen LogP contribution in [-0.4, -0.2) is 32.4 Å². The Balaban J connectivity index is 1.89. The van der Waals surface area contributed by atoms with E-state index in [-0.39, 0.29) is 5.91 Å². The number of amidine groups is 1. The van der Waals surface area contributed by atoms with Gasteiger partial charge in [0.1, 0.15) is 0 Å². The number of carbonyl (C=O) groups is 1. The van der Waals surface area contributed by atoms with Crippen molar-refractivity contribution in [3.05, 3.63) is 51.9 Å². The quantitative estimate of drug-likeness (QED) is 0.754. The maximum Gasteiger partial charge on any atom is 0.264 e. The molecule has 1 aliphatic rings. The molecule has 140 valence electrons. The zero-order valence-electron chi connectivity index (χ0n) is 14.9. The van der Waals surface area contributed by atoms with Crippen LogP contribution in [0.3, 0.4) is 0 Å². The highest BCUT2D eigenvalue weighted by atomic mass is 35.5. The predicted molar refractivity (Wildman–Crippen MR) is 108 cm³/mol. The summed E-state index contributed by atoms with van der Waals surface area (Å²) in [5.74, 6) is 1.31. The molecule has 6 nitrogen and oxygen atoms in total. The van der Waals surface area contributed by atoms with Gasteiger partial charge in [-0.05, 0) is 59.8 Å². The molecule has 1 amide bonds. The Bertz CT molecular complexity index is 901. The maximum atomic E-state index is 12.3. The van der Waals surface area contributed by atoms with E-state index in [9.17, 15) is 4.79 Å². The number of methoxy groups -OCH3 is 3. The lowest BCUT2D eigenvalue weighted by Crippen LogP contribution is -2.19. The normalized spacial score (nSPS) is 16.5. The highest BCUT2D eigenvalue weighted by Crippen LogP contribution is 2.39. The topological polar surface area (TPSA) is 69.2 Å². The van der Waals surface area contributed by atoms with Crippen LogP contribution >= 0.6 is 23.4 Å². The lowest BCUT2D eigenvalue weighted by Gasteiger charge is -2.12. The second-order valence-electron chi connectivity index (χ2n) is 5.42. The number of hydrogen-bond acceptors (Lipinski definition) is 6. The van der Waals surface area contributed by atoms with E-state index in [0.29, 0.717) is 38.0 Å². The number of carbonyl (C=O) groups excluding carboxylic acids is 1. The van der Waals surface area contributed by atoms with Gasteiger partial charge in [-0.1, -0.05) is 11.6 Å². The van der Waals surface area contributed by atoms with Gasteiger partial charge >= 0.3 is 0 Å². The van der Waals surface area contributed by atoms with Gasteiger partial charge in [0.2, 0.25) is 5.75 Å². The minimum Gasteiger partial charge on any atom is -0.493 e. The number of ether oxygens (including phenoxy) is 3. The molecule has 0 saturated carbocycles. The number of aliphatic imine (C=N–C) groups is 1. The lowest BCUT2D eigenvalue weighted by molar-refractivity contribution is -0.115. The van der Waals surface area contributed by atoms with E-state index in [2.05, 4.69) is 10.3 Å². The number of halogens is 1. The largest absolute Gasteiger partial charge is 0.493 e. The first kappa shape index (κ1) is 19.1. The van der Waals surface area contributed by atoms with Crippen molar-refractivity contribution in [2.45, 2.75) is 0 Å². The number of amides is 1. The van der Waals surface area contributed by atoms with Crippen molar-refractivity contribution in [1.82, 2.24) is 5.32 Å². The first-order valence-electron chi connectivity index (χ1n) is 7.89. The Kier molecular flexibility index (Phi) is 5.93. The highest BCUT2D eigenvalue weighted by Gasteiger charge is 2.24. The monoisotopic (exact) mass is 404 g/mol. The van der Waals surface area contributed by atoms with E-state index >= 15 is 0 Å². The van der Waals surface area contributed by atoms with Gasteiger partial charge in [-0.2, -0.15) is 0 Å². The minimum atomic E-state index is -0.221. The maximum absolute atomic E-state index is 12.3. The van der Waals surface area contributed by atoms with Gasteiger partial charge in [-0.15, -0.1) is 0 Å². The fraction of sp³-hybridized carbons (Fsp3) is 0.158. The Labute approximate surface area is 166 Å². The Morgan fingerprint density at radius 2 is 1.67 bits per heavy atom. The second-order valence-corrected chi connectivity index (χ2v) is 6.88. The van der Waals surface area contributed by atoms with E-state index < -0.39 is 0 Å². The molecule has 0 atom stereocenters. The van der Waals surface area contributed by atoms with Crippen LogP contribution in [0.5, 0.6) is 17.2 Å². The zero-order valence-corrected chi connectivity index (χ0v) is 16.5. The standard InChI is InChI=1S/C19H17ClN2O4S/c1-24-14-8-11(9-15(25-2)17(14)26-3)10-16-18(23)22-19(27-16)21-13-6-4-12(20)5-7-13/h4-10H,1-3H3,(H,21,22,23)/b16-10+. The van der Waals surface area contributed by atoms with Gasteiger partial charge in [0.25, 0.3) is 5.91 Å². The predicted octanol–water partition coefficient (Wildman–Crippen LogP) is 4.26. The Hall–Kier alpha value is -2.64. The summed E-state index contributed by atoms with van der Waals surface area (Å²) in [5.41, 5.74) is 1.45. The molecule has 0 bridgehead atoms. The summed E-state index contributed by atoms with van der Waals surface area (Å²) in [5, 5.41) is 3.88. The van der Waals surface area contributed by atoms with Gasteiger partial charge in [-0.3, -0.25) is 4.79 Å². The molecule has 0 radical (unpaired) electrons. The van der Waals surface area contributed by atoms with Crippen molar-refractivity contribution in [2.24, 2.45) is 4.99 Å².